The summed E-state index contributed by atoms with van der Waals surface area (Å²) in [6.07, 6.45) is -2.22. The van der Waals surface area contributed by atoms with Gasteiger partial charge in [-0.1, -0.05) is 5.92 Å². The van der Waals surface area contributed by atoms with Gasteiger partial charge in [-0.3, -0.25) is 0 Å². The van der Waals surface area contributed by atoms with Crippen molar-refractivity contribution in [1.82, 2.24) is 0 Å². The molecule has 0 fully saturated rings. The Kier molecular flexibility index (Phi) is 0.609. The number of hydrogen-bond acceptors (Lipinski definition) is 0. The van der Waals surface area contributed by atoms with Gasteiger partial charge in [-0.25, -0.2) is 4.39 Å². The Balaban J connectivity index is 2.73. The van der Waals surface area contributed by atoms with E-state index in [-0.39, 0.29) is 0 Å². The van der Waals surface area contributed by atoms with E-state index < -0.39 is 12.1 Å². The normalized spacial score (nSPS) is 32.7. The van der Waals surface area contributed by atoms with Crippen molar-refractivity contribution >= 4 is 0 Å². The summed E-state index contributed by atoms with van der Waals surface area (Å²) < 4.78 is 34.1. The van der Waals surface area contributed by atoms with Gasteiger partial charge in [0.05, 0.1) is 0 Å². The fourth-order valence-electron chi connectivity index (χ4n) is 0.236. The van der Waals surface area contributed by atoms with Gasteiger partial charge in [0.1, 0.15) is 0 Å². The molecule has 0 aromatic heterocycles. The van der Waals surface area contributed by atoms with Gasteiger partial charge in [0.2, 0.25) is 6.17 Å². The first-order valence-corrected chi connectivity index (χ1v) is 1.67. The average Bonchev–Trinajstić information content (AvgIpc) is 1.63. The Labute approximate surface area is 38.3 Å². The van der Waals surface area contributed by atoms with Gasteiger partial charge in [-0.2, -0.15) is 8.78 Å². The molecule has 0 aliphatic heterocycles. The molecule has 0 nitrogen and oxygen atoms in total. The van der Waals surface area contributed by atoms with Crippen LogP contribution >= 0.6 is 0 Å². The second-order valence-electron chi connectivity index (χ2n) is 1.25. The van der Waals surface area contributed by atoms with Crippen molar-refractivity contribution in [2.24, 2.45) is 0 Å². The number of alkyl halides is 3. The SMILES string of the molecule is FC1C#CC1(F)F. The van der Waals surface area contributed by atoms with Crippen molar-refractivity contribution in [1.29, 1.82) is 0 Å². The molecule has 0 amide bonds. The smallest absolute Gasteiger partial charge is 0.225 e. The summed E-state index contributed by atoms with van der Waals surface area (Å²) in [5.74, 6) is -0.339. The van der Waals surface area contributed by atoms with Gasteiger partial charge >= 0.3 is 5.92 Å². The van der Waals surface area contributed by atoms with Crippen LogP contribution in [0.5, 0.6) is 0 Å². The lowest BCUT2D eigenvalue weighted by atomic mass is 10.1. The van der Waals surface area contributed by atoms with Crippen molar-refractivity contribution in [2.75, 3.05) is 0 Å². The molecule has 1 rings (SSSR count). The summed E-state index contributed by atoms with van der Waals surface area (Å²) in [5.41, 5.74) is 0. The van der Waals surface area contributed by atoms with Crippen molar-refractivity contribution in [3.05, 3.63) is 0 Å². The lowest BCUT2D eigenvalue weighted by molar-refractivity contribution is -0.00641. The summed E-state index contributed by atoms with van der Waals surface area (Å²) in [6, 6.07) is 0. The zero-order chi connectivity index (χ0) is 5.49. The molecule has 0 bridgehead atoms. The standard InChI is InChI=1S/C4HF3/c5-3-1-2-4(3,6)7/h3H. The van der Waals surface area contributed by atoms with Gasteiger partial charge in [0, 0.05) is 0 Å². The third kappa shape index (κ3) is 0.466. The minimum absolute atomic E-state index is 1.38. The fourth-order valence-corrected chi connectivity index (χ4v) is 0.236. The molecular weight excluding hydrogens is 105 g/mol. The maximum atomic E-state index is 11.4. The quantitative estimate of drug-likeness (QED) is 0.404. The first-order chi connectivity index (χ1) is 3.13. The fraction of sp³-hybridized carbons (Fsp3) is 0.500. The van der Waals surface area contributed by atoms with Crippen LogP contribution in [-0.4, -0.2) is 12.1 Å². The van der Waals surface area contributed by atoms with Gasteiger partial charge in [0.15, 0.2) is 0 Å². The van der Waals surface area contributed by atoms with E-state index in [0.29, 0.717) is 0 Å². The molecule has 38 valence electrons. The highest BCUT2D eigenvalue weighted by molar-refractivity contribution is 5.30. The van der Waals surface area contributed by atoms with Crippen LogP contribution in [0.15, 0.2) is 0 Å². The third-order valence-corrected chi connectivity index (χ3v) is 0.684. The number of halogens is 3. The number of hydrogen-bond donors (Lipinski definition) is 0. The largest absolute Gasteiger partial charge is 0.349 e. The zero-order valence-corrected chi connectivity index (χ0v) is 3.21. The molecule has 1 unspecified atom stereocenters. The van der Waals surface area contributed by atoms with Crippen molar-refractivity contribution < 1.29 is 13.2 Å². The summed E-state index contributed by atoms with van der Waals surface area (Å²) >= 11 is 0. The molecule has 0 saturated carbocycles. The Morgan fingerprint density at radius 2 is 1.86 bits per heavy atom. The molecular formula is C4HF3. The lowest BCUT2D eigenvalue weighted by Gasteiger charge is -2.15. The molecule has 3 heteroatoms. The molecule has 0 radical (unpaired) electrons. The van der Waals surface area contributed by atoms with Gasteiger partial charge in [-0.05, 0) is 5.92 Å². The van der Waals surface area contributed by atoms with Crippen molar-refractivity contribution in [3.63, 3.8) is 0 Å². The minimum Gasteiger partial charge on any atom is -0.225 e. The Morgan fingerprint density at radius 3 is 1.86 bits per heavy atom. The first-order valence-electron chi connectivity index (χ1n) is 1.67. The van der Waals surface area contributed by atoms with Crippen LogP contribution in [0.3, 0.4) is 0 Å². The zero-order valence-electron chi connectivity index (χ0n) is 3.21. The first kappa shape index (κ1) is 4.51. The average molecular weight is 106 g/mol. The second-order valence-corrected chi connectivity index (χ2v) is 1.25. The Hall–Kier alpha value is -0.650. The lowest BCUT2D eigenvalue weighted by Crippen LogP contribution is -2.33. The second kappa shape index (κ2) is 0.945. The van der Waals surface area contributed by atoms with E-state index in [2.05, 4.69) is 0 Å². The van der Waals surface area contributed by atoms with Crippen LogP contribution < -0.4 is 0 Å². The highest BCUT2D eigenvalue weighted by atomic mass is 19.3. The topological polar surface area (TPSA) is 0 Å². The van der Waals surface area contributed by atoms with Crippen LogP contribution in [0.25, 0.3) is 0 Å². The van der Waals surface area contributed by atoms with Crippen LogP contribution in [0, 0.1) is 11.8 Å². The highest BCUT2D eigenvalue weighted by Crippen LogP contribution is 2.25. The number of rotatable bonds is 0. The highest BCUT2D eigenvalue weighted by Gasteiger charge is 2.43. The van der Waals surface area contributed by atoms with Crippen molar-refractivity contribution in [3.8, 4) is 11.8 Å². The predicted octanol–water partition coefficient (Wildman–Crippen LogP) is 0.977. The van der Waals surface area contributed by atoms with Crippen LogP contribution in [0.2, 0.25) is 0 Å². The molecule has 0 heterocycles. The van der Waals surface area contributed by atoms with E-state index in [9.17, 15) is 13.2 Å². The van der Waals surface area contributed by atoms with Gasteiger partial charge < -0.3 is 0 Å². The van der Waals surface area contributed by atoms with Crippen LogP contribution in [0.1, 0.15) is 0 Å². The molecule has 0 aromatic rings. The van der Waals surface area contributed by atoms with Crippen LogP contribution in [-0.2, 0) is 0 Å². The monoisotopic (exact) mass is 106 g/mol. The molecule has 0 spiro atoms. The Bertz CT molecular complexity index is 139. The van der Waals surface area contributed by atoms with E-state index in [1.807, 2.05) is 0 Å². The summed E-state index contributed by atoms with van der Waals surface area (Å²) in [4.78, 5) is 0. The van der Waals surface area contributed by atoms with E-state index in [1.54, 1.807) is 5.92 Å². The summed E-state index contributed by atoms with van der Waals surface area (Å²) in [5, 5.41) is 0. The predicted molar refractivity (Wildman–Crippen MR) is 17.6 cm³/mol. The molecule has 0 N–H and O–H groups in total. The molecule has 1 atom stereocenters. The van der Waals surface area contributed by atoms with Crippen LogP contribution in [0.4, 0.5) is 13.2 Å². The maximum Gasteiger partial charge on any atom is 0.349 e. The third-order valence-electron chi connectivity index (χ3n) is 0.684. The van der Waals surface area contributed by atoms with Crippen molar-refractivity contribution in [2.45, 2.75) is 12.1 Å². The summed E-state index contributed by atoms with van der Waals surface area (Å²) in [7, 11) is 0. The molecule has 7 heavy (non-hydrogen) atoms. The molecule has 0 saturated heterocycles. The maximum absolute atomic E-state index is 11.4. The summed E-state index contributed by atoms with van der Waals surface area (Å²) in [6.45, 7) is 0. The van der Waals surface area contributed by atoms with E-state index in [0.717, 1.165) is 0 Å². The van der Waals surface area contributed by atoms with E-state index in [4.69, 9.17) is 0 Å². The molecule has 0 aromatic carbocycles. The Morgan fingerprint density at radius 1 is 1.43 bits per heavy atom. The van der Waals surface area contributed by atoms with Gasteiger partial charge in [-0.15, -0.1) is 0 Å². The van der Waals surface area contributed by atoms with E-state index in [1.165, 1.54) is 5.92 Å². The van der Waals surface area contributed by atoms with E-state index >= 15 is 0 Å². The molecule has 1 aliphatic rings. The van der Waals surface area contributed by atoms with Gasteiger partial charge in [0.25, 0.3) is 0 Å². The minimum atomic E-state index is -3.35. The molecule has 1 aliphatic carbocycles.